The summed E-state index contributed by atoms with van der Waals surface area (Å²) in [6.45, 7) is 1.71. The van der Waals surface area contributed by atoms with Gasteiger partial charge in [0.2, 0.25) is 21.8 Å². The second kappa shape index (κ2) is 14.7. The zero-order valence-electron chi connectivity index (χ0n) is 33.6. The minimum absolute atomic E-state index is 0.0545. The predicted molar refractivity (Wildman–Crippen MR) is 216 cm³/mol. The topological polar surface area (TPSA) is 185 Å². The summed E-state index contributed by atoms with van der Waals surface area (Å²) in [5.41, 5.74) is 0.356. The van der Waals surface area contributed by atoms with Crippen LogP contribution in [0.4, 0.5) is 4.79 Å². The summed E-state index contributed by atoms with van der Waals surface area (Å²) in [4.78, 5) is 63.9. The van der Waals surface area contributed by atoms with Crippen molar-refractivity contribution < 1.29 is 37.1 Å². The van der Waals surface area contributed by atoms with Gasteiger partial charge in [0.05, 0.1) is 29.6 Å². The lowest BCUT2D eigenvalue weighted by Gasteiger charge is -2.37. The maximum atomic E-state index is 14.9. The first-order chi connectivity index (χ1) is 27.8. The van der Waals surface area contributed by atoms with Crippen LogP contribution in [0.2, 0.25) is 0 Å². The predicted octanol–water partition coefficient (Wildman–Crippen LogP) is 4.79. The Morgan fingerprint density at radius 3 is 2.50 bits per heavy atom. The number of aryl methyl sites for hydroxylation is 1. The highest BCUT2D eigenvalue weighted by Gasteiger charge is 2.64. The van der Waals surface area contributed by atoms with Crippen molar-refractivity contribution in [3.63, 3.8) is 0 Å². The fourth-order valence-corrected chi connectivity index (χ4v) is 11.1. The number of sulfonamides is 1. The van der Waals surface area contributed by atoms with Gasteiger partial charge < -0.3 is 30.3 Å². The Morgan fingerprint density at radius 1 is 0.983 bits per heavy atom. The maximum Gasteiger partial charge on any atom is 0.315 e. The fourth-order valence-electron chi connectivity index (χ4n) is 9.75. The van der Waals surface area contributed by atoms with Gasteiger partial charge in [-0.15, -0.1) is 0 Å². The number of amides is 5. The van der Waals surface area contributed by atoms with Gasteiger partial charge in [0, 0.05) is 35.2 Å². The number of ether oxygens (including phenoxy) is 2. The molecule has 1 aromatic heterocycles. The lowest BCUT2D eigenvalue weighted by molar-refractivity contribution is -0.141. The Bertz CT molecular complexity index is 2160. The molecule has 312 valence electrons. The van der Waals surface area contributed by atoms with Crippen LogP contribution in [0.15, 0.2) is 30.4 Å². The molecular formula is C43H56N6O8S. The second-order valence-corrected chi connectivity index (χ2v) is 20.5. The SMILES string of the molecule is COc1ccc2nc(C3CC3)c3c(c2c1)CC[C@]1(C[C@H]2C(=O)N[C@]4(C(=O)NS(=O)(=O)C5(C)CC5)C[C@@H]4/C=C\CCCCC[C@H](NC(=O)NC4CCCC4)C(=O)N2C1)O3. The molecule has 15 heteroatoms. The van der Waals surface area contributed by atoms with Crippen LogP contribution in [0.25, 0.3) is 10.9 Å². The third-order valence-electron chi connectivity index (χ3n) is 14.0. The lowest BCUT2D eigenvalue weighted by atomic mass is 9.86. The molecule has 1 aromatic carbocycles. The Hall–Kier alpha value is -4.40. The van der Waals surface area contributed by atoms with Gasteiger partial charge >= 0.3 is 6.03 Å². The van der Waals surface area contributed by atoms with Crippen molar-refractivity contribution in [1.82, 2.24) is 30.6 Å². The van der Waals surface area contributed by atoms with E-state index < -0.39 is 61.8 Å². The first-order valence-corrected chi connectivity index (χ1v) is 22.9. The number of carbonyl (C=O) groups is 4. The van der Waals surface area contributed by atoms with Crippen molar-refractivity contribution in [3.05, 3.63) is 41.6 Å². The average molecular weight is 817 g/mol. The largest absolute Gasteiger partial charge is 0.497 e. The standard InChI is InChI=1S/C43H56N6O8S/c1-41(20-21-41)58(54,55)48-39(52)43-23-27(43)10-6-4-3-5-7-13-33(46-40(53)44-28-11-8-9-12-28)38(51)49-25-42(24-34(49)37(50)47-43)19-18-30-31-22-29(56-2)16-17-32(31)45-35(26-14-15-26)36(30)57-42/h6,10,16-17,22,26-28,33-34H,3-5,7-9,11-15,18-21,23-25H2,1-2H3,(H,47,50)(H,48,52)(H2,44,46,53)/b10-6-/t27-,33-,34-,42+,43+/m0/s1. The van der Waals surface area contributed by atoms with E-state index in [1.807, 2.05) is 30.4 Å². The van der Waals surface area contributed by atoms with Gasteiger partial charge in [0.15, 0.2) is 0 Å². The van der Waals surface area contributed by atoms with Crippen molar-refractivity contribution in [1.29, 1.82) is 0 Å². The number of pyridine rings is 1. The van der Waals surface area contributed by atoms with E-state index in [1.54, 1.807) is 18.9 Å². The number of urea groups is 1. The first-order valence-electron chi connectivity index (χ1n) is 21.5. The molecule has 0 radical (unpaired) electrons. The maximum absolute atomic E-state index is 14.9. The number of allylic oxidation sites excluding steroid dienone is 1. The van der Waals surface area contributed by atoms with Crippen molar-refractivity contribution >= 4 is 44.7 Å². The molecule has 5 fully saturated rings. The Balaban J connectivity index is 1.06. The summed E-state index contributed by atoms with van der Waals surface area (Å²) in [6.07, 6.45) is 15.7. The van der Waals surface area contributed by atoms with Crippen LogP contribution in [0.1, 0.15) is 127 Å². The van der Waals surface area contributed by atoms with E-state index in [0.29, 0.717) is 50.0 Å². The van der Waals surface area contributed by atoms with E-state index in [9.17, 15) is 27.6 Å². The normalized spacial score (nSPS) is 31.4. The highest BCUT2D eigenvalue weighted by Crippen LogP contribution is 2.52. The third-order valence-corrected chi connectivity index (χ3v) is 16.2. The summed E-state index contributed by atoms with van der Waals surface area (Å²) >= 11 is 0. The van der Waals surface area contributed by atoms with Gasteiger partial charge in [0.25, 0.3) is 5.91 Å². The van der Waals surface area contributed by atoms with E-state index in [2.05, 4.69) is 20.7 Å². The number of methoxy groups -OCH3 is 1. The average Bonchev–Trinajstić information content (AvgIpc) is 4.17. The summed E-state index contributed by atoms with van der Waals surface area (Å²) in [5.74, 6) is -0.414. The van der Waals surface area contributed by atoms with Crippen molar-refractivity contribution in [2.75, 3.05) is 13.7 Å². The van der Waals surface area contributed by atoms with E-state index in [0.717, 1.165) is 79.9 Å². The summed E-state index contributed by atoms with van der Waals surface area (Å²) in [6, 6.07) is 3.58. The molecule has 0 unspecified atom stereocenters. The molecule has 9 rings (SSSR count). The van der Waals surface area contributed by atoms with E-state index in [4.69, 9.17) is 14.5 Å². The molecule has 4 heterocycles. The van der Waals surface area contributed by atoms with Crippen LogP contribution in [0.5, 0.6) is 11.5 Å². The smallest absolute Gasteiger partial charge is 0.315 e. The van der Waals surface area contributed by atoms with Gasteiger partial charge in [0.1, 0.15) is 34.7 Å². The molecule has 1 saturated heterocycles. The molecule has 3 aliphatic heterocycles. The van der Waals surface area contributed by atoms with Crippen LogP contribution < -0.4 is 30.1 Å². The minimum Gasteiger partial charge on any atom is -0.497 e. The molecule has 4 aliphatic carbocycles. The fraction of sp³-hybridized carbons (Fsp3) is 0.651. The number of carbonyl (C=O) groups excluding carboxylic acids is 4. The summed E-state index contributed by atoms with van der Waals surface area (Å²) in [5, 5.41) is 10.0. The molecule has 5 atom stereocenters. The van der Waals surface area contributed by atoms with Crippen LogP contribution in [-0.2, 0) is 30.8 Å². The number of hydrogen-bond acceptors (Lipinski definition) is 9. The second-order valence-electron chi connectivity index (χ2n) is 18.3. The molecule has 2 aromatic rings. The van der Waals surface area contributed by atoms with Crippen molar-refractivity contribution in [2.45, 2.75) is 156 Å². The number of aromatic nitrogens is 1. The molecule has 0 bridgehead atoms. The molecule has 14 nitrogen and oxygen atoms in total. The van der Waals surface area contributed by atoms with E-state index in [1.165, 1.54) is 0 Å². The minimum atomic E-state index is -3.98. The highest BCUT2D eigenvalue weighted by molar-refractivity contribution is 7.91. The van der Waals surface area contributed by atoms with Crippen LogP contribution in [-0.4, -0.2) is 89.7 Å². The van der Waals surface area contributed by atoms with Gasteiger partial charge in [-0.2, -0.15) is 0 Å². The Kier molecular flexibility index (Phi) is 9.91. The summed E-state index contributed by atoms with van der Waals surface area (Å²) in [7, 11) is -2.35. The van der Waals surface area contributed by atoms with Crippen LogP contribution >= 0.6 is 0 Å². The molecule has 7 aliphatic rings. The van der Waals surface area contributed by atoms with Crippen LogP contribution in [0.3, 0.4) is 0 Å². The van der Waals surface area contributed by atoms with Crippen molar-refractivity contribution in [2.24, 2.45) is 5.92 Å². The number of nitrogens with one attached hydrogen (secondary N) is 4. The van der Waals surface area contributed by atoms with Gasteiger partial charge in [-0.1, -0.05) is 37.8 Å². The first kappa shape index (κ1) is 39.1. The van der Waals surface area contributed by atoms with E-state index >= 15 is 0 Å². The molecular weight excluding hydrogens is 761 g/mol. The lowest BCUT2D eigenvalue weighted by Crippen LogP contribution is -2.59. The highest BCUT2D eigenvalue weighted by atomic mass is 32.2. The third kappa shape index (κ3) is 7.29. The van der Waals surface area contributed by atoms with E-state index in [-0.39, 0.29) is 37.3 Å². The Labute approximate surface area is 340 Å². The molecule has 4 saturated carbocycles. The number of nitrogens with zero attached hydrogens (tertiary/aromatic N) is 2. The molecule has 1 spiro atoms. The van der Waals surface area contributed by atoms with Gasteiger partial charge in [-0.25, -0.2) is 18.2 Å². The quantitative estimate of drug-likeness (QED) is 0.286. The zero-order valence-corrected chi connectivity index (χ0v) is 34.4. The molecule has 5 amide bonds. The summed E-state index contributed by atoms with van der Waals surface area (Å²) < 4.78 is 40.6. The molecule has 58 heavy (non-hydrogen) atoms. The number of fused-ring (bicyclic) bond motifs is 5. The number of hydrogen-bond donors (Lipinski definition) is 4. The molecule has 4 N–H and O–H groups in total. The van der Waals surface area contributed by atoms with Gasteiger partial charge in [-0.05, 0) is 102 Å². The van der Waals surface area contributed by atoms with Crippen LogP contribution in [0, 0.1) is 5.92 Å². The number of benzene rings is 1. The number of rotatable bonds is 7. The monoisotopic (exact) mass is 816 g/mol. The van der Waals surface area contributed by atoms with Gasteiger partial charge in [-0.3, -0.25) is 19.1 Å². The Morgan fingerprint density at radius 2 is 1.76 bits per heavy atom. The zero-order chi connectivity index (χ0) is 40.5. The van der Waals surface area contributed by atoms with Crippen molar-refractivity contribution in [3.8, 4) is 11.5 Å².